The number of hydrogen-bond acceptors (Lipinski definition) is 5. The fourth-order valence-electron chi connectivity index (χ4n) is 1.67. The molecule has 6 nitrogen and oxygen atoms in total. The van der Waals surface area contributed by atoms with Crippen molar-refractivity contribution in [2.45, 2.75) is 13.5 Å². The predicted octanol–water partition coefficient (Wildman–Crippen LogP) is 1.49. The summed E-state index contributed by atoms with van der Waals surface area (Å²) in [4.78, 5) is 11.6. The van der Waals surface area contributed by atoms with Gasteiger partial charge >= 0.3 is 0 Å². The van der Waals surface area contributed by atoms with Crippen LogP contribution in [0.25, 0.3) is 15.5 Å². The molecule has 0 atom stereocenters. The van der Waals surface area contributed by atoms with Gasteiger partial charge in [-0.3, -0.25) is 4.79 Å². The van der Waals surface area contributed by atoms with Gasteiger partial charge in [0.15, 0.2) is 0 Å². The summed E-state index contributed by atoms with van der Waals surface area (Å²) in [5, 5.41) is 15.8. The molecule has 0 unspecified atom stereocenters. The number of carbonyl (C=O) groups is 1. The van der Waals surface area contributed by atoms with Gasteiger partial charge in [0, 0.05) is 19.0 Å². The summed E-state index contributed by atoms with van der Waals surface area (Å²) in [6, 6.07) is 7.94. The Bertz CT molecular complexity index is 687. The van der Waals surface area contributed by atoms with E-state index in [0.29, 0.717) is 6.54 Å². The van der Waals surface area contributed by atoms with Crippen molar-refractivity contribution >= 4 is 22.2 Å². The van der Waals surface area contributed by atoms with Gasteiger partial charge in [-0.25, -0.2) is 0 Å². The van der Waals surface area contributed by atoms with Crippen LogP contribution in [0.15, 0.2) is 30.6 Å². The molecule has 1 N–H and O–H groups in total. The van der Waals surface area contributed by atoms with Gasteiger partial charge in [-0.15, -0.1) is 10.2 Å². The van der Waals surface area contributed by atoms with Gasteiger partial charge in [-0.05, 0) is 5.56 Å². The molecule has 2 aromatic heterocycles. The minimum Gasteiger partial charge on any atom is -0.352 e. The lowest BCUT2D eigenvalue weighted by molar-refractivity contribution is -0.119. The van der Waals surface area contributed by atoms with Gasteiger partial charge in [0.1, 0.15) is 11.3 Å². The molecule has 0 saturated carbocycles. The van der Waals surface area contributed by atoms with Crippen molar-refractivity contribution in [3.8, 4) is 10.6 Å². The van der Waals surface area contributed by atoms with Crippen molar-refractivity contribution in [2.24, 2.45) is 0 Å². The molecule has 3 rings (SSSR count). The van der Waals surface area contributed by atoms with Crippen molar-refractivity contribution < 1.29 is 4.79 Å². The fourth-order valence-corrected chi connectivity index (χ4v) is 2.49. The highest BCUT2D eigenvalue weighted by Gasteiger charge is 2.07. The first-order valence-electron chi connectivity index (χ1n) is 5.73. The third-order valence-corrected chi connectivity index (χ3v) is 3.59. The highest BCUT2D eigenvalue weighted by molar-refractivity contribution is 7.19. The van der Waals surface area contributed by atoms with E-state index in [2.05, 4.69) is 20.6 Å². The highest BCUT2D eigenvalue weighted by Crippen LogP contribution is 2.24. The SMILES string of the molecule is CC(=O)NCc1ccc(-c2nn3cnnc3s2)cc1. The molecule has 1 aromatic carbocycles. The number of hydrogen-bond donors (Lipinski definition) is 1. The molecule has 0 aliphatic carbocycles. The van der Waals surface area contributed by atoms with Crippen LogP contribution in [-0.4, -0.2) is 25.7 Å². The molecule has 3 aromatic rings. The summed E-state index contributed by atoms with van der Waals surface area (Å²) in [5.41, 5.74) is 2.09. The molecule has 0 aliphatic heterocycles. The lowest BCUT2D eigenvalue weighted by Crippen LogP contribution is -2.18. The topological polar surface area (TPSA) is 72.2 Å². The molecule has 0 bridgehead atoms. The number of aromatic nitrogens is 4. The first kappa shape index (κ1) is 11.8. The van der Waals surface area contributed by atoms with E-state index in [-0.39, 0.29) is 5.91 Å². The summed E-state index contributed by atoms with van der Waals surface area (Å²) < 4.78 is 1.66. The molecule has 0 aliphatic rings. The van der Waals surface area contributed by atoms with E-state index in [1.807, 2.05) is 24.3 Å². The van der Waals surface area contributed by atoms with Crippen LogP contribution in [0, 0.1) is 0 Å². The lowest BCUT2D eigenvalue weighted by Gasteiger charge is -2.02. The van der Waals surface area contributed by atoms with E-state index in [9.17, 15) is 4.79 Å². The van der Waals surface area contributed by atoms with Crippen LogP contribution in [0.2, 0.25) is 0 Å². The average Bonchev–Trinajstić information content (AvgIpc) is 2.97. The smallest absolute Gasteiger partial charge is 0.234 e. The lowest BCUT2D eigenvalue weighted by atomic mass is 10.1. The zero-order valence-corrected chi connectivity index (χ0v) is 11.0. The molecule has 96 valence electrons. The van der Waals surface area contributed by atoms with Gasteiger partial charge in [-0.2, -0.15) is 9.61 Å². The quantitative estimate of drug-likeness (QED) is 0.784. The van der Waals surface area contributed by atoms with E-state index in [4.69, 9.17) is 0 Å². The van der Waals surface area contributed by atoms with Crippen molar-refractivity contribution in [1.29, 1.82) is 0 Å². The van der Waals surface area contributed by atoms with Gasteiger partial charge in [0.05, 0.1) is 0 Å². The molecular formula is C12H11N5OS. The maximum Gasteiger partial charge on any atom is 0.234 e. The van der Waals surface area contributed by atoms with Crippen LogP contribution in [0.5, 0.6) is 0 Å². The average molecular weight is 273 g/mol. The van der Waals surface area contributed by atoms with E-state index in [0.717, 1.165) is 21.1 Å². The molecule has 0 radical (unpaired) electrons. The van der Waals surface area contributed by atoms with Crippen LogP contribution in [0.4, 0.5) is 0 Å². The van der Waals surface area contributed by atoms with Crippen LogP contribution in [0.3, 0.4) is 0 Å². The second kappa shape index (κ2) is 4.77. The minimum absolute atomic E-state index is 0.0299. The molecular weight excluding hydrogens is 262 g/mol. The Morgan fingerprint density at radius 1 is 1.37 bits per heavy atom. The fraction of sp³-hybridized carbons (Fsp3) is 0.167. The third kappa shape index (κ3) is 2.45. The summed E-state index contributed by atoms with van der Waals surface area (Å²) in [7, 11) is 0. The van der Waals surface area contributed by atoms with Gasteiger partial charge in [0.2, 0.25) is 10.9 Å². The normalized spacial score (nSPS) is 10.8. The maximum absolute atomic E-state index is 10.8. The van der Waals surface area contributed by atoms with Crippen LogP contribution >= 0.6 is 11.3 Å². The number of benzene rings is 1. The van der Waals surface area contributed by atoms with E-state index < -0.39 is 0 Å². The Morgan fingerprint density at radius 3 is 2.84 bits per heavy atom. The largest absolute Gasteiger partial charge is 0.352 e. The van der Waals surface area contributed by atoms with Gasteiger partial charge in [-0.1, -0.05) is 35.6 Å². The zero-order valence-electron chi connectivity index (χ0n) is 10.2. The Morgan fingerprint density at radius 2 is 2.16 bits per heavy atom. The number of carbonyl (C=O) groups excluding carboxylic acids is 1. The molecule has 19 heavy (non-hydrogen) atoms. The number of amides is 1. The molecule has 1 amide bonds. The summed E-state index contributed by atoms with van der Waals surface area (Å²) in [6.45, 7) is 2.05. The van der Waals surface area contributed by atoms with Crippen molar-refractivity contribution in [2.75, 3.05) is 0 Å². The summed E-state index contributed by atoms with van der Waals surface area (Å²) in [6.07, 6.45) is 1.58. The molecule has 0 fully saturated rings. The second-order valence-electron chi connectivity index (χ2n) is 4.07. The zero-order chi connectivity index (χ0) is 13.2. The standard InChI is InChI=1S/C12H11N5OS/c1-8(18)13-6-9-2-4-10(5-3-9)11-16-17-7-14-15-12(17)19-11/h2-5,7H,6H2,1H3,(H,13,18). The van der Waals surface area contributed by atoms with E-state index >= 15 is 0 Å². The Balaban J connectivity index is 1.82. The van der Waals surface area contributed by atoms with Crippen molar-refractivity contribution in [1.82, 2.24) is 25.1 Å². The third-order valence-electron chi connectivity index (χ3n) is 2.63. The molecule has 2 heterocycles. The van der Waals surface area contributed by atoms with E-state index in [1.165, 1.54) is 18.3 Å². The molecule has 0 spiro atoms. The summed E-state index contributed by atoms with van der Waals surface area (Å²) in [5.74, 6) is -0.0299. The predicted molar refractivity (Wildman–Crippen MR) is 71.6 cm³/mol. The van der Waals surface area contributed by atoms with Gasteiger partial charge in [0.25, 0.3) is 0 Å². The van der Waals surface area contributed by atoms with Crippen molar-refractivity contribution in [3.63, 3.8) is 0 Å². The van der Waals surface area contributed by atoms with Crippen LogP contribution in [-0.2, 0) is 11.3 Å². The van der Waals surface area contributed by atoms with Crippen LogP contribution < -0.4 is 5.32 Å². The molecule has 7 heteroatoms. The number of rotatable bonds is 3. The highest BCUT2D eigenvalue weighted by atomic mass is 32.1. The van der Waals surface area contributed by atoms with Crippen molar-refractivity contribution in [3.05, 3.63) is 36.2 Å². The second-order valence-corrected chi connectivity index (χ2v) is 5.03. The number of nitrogens with zero attached hydrogens (tertiary/aromatic N) is 4. The monoisotopic (exact) mass is 273 g/mol. The Labute approximate surface area is 113 Å². The first-order valence-corrected chi connectivity index (χ1v) is 6.54. The molecule has 0 saturated heterocycles. The number of fused-ring (bicyclic) bond motifs is 1. The maximum atomic E-state index is 10.8. The van der Waals surface area contributed by atoms with Gasteiger partial charge < -0.3 is 5.32 Å². The van der Waals surface area contributed by atoms with Crippen LogP contribution in [0.1, 0.15) is 12.5 Å². The first-order chi connectivity index (χ1) is 9.22. The Hall–Kier alpha value is -2.28. The minimum atomic E-state index is -0.0299. The summed E-state index contributed by atoms with van der Waals surface area (Å²) >= 11 is 1.49. The Kier molecular flexibility index (Phi) is 2.96. The van der Waals surface area contributed by atoms with E-state index in [1.54, 1.807) is 10.8 Å². The number of nitrogens with one attached hydrogen (secondary N) is 1.